The van der Waals surface area contributed by atoms with Crippen molar-refractivity contribution < 1.29 is 14.3 Å². The van der Waals surface area contributed by atoms with Gasteiger partial charge in [-0.25, -0.2) is 4.68 Å². The van der Waals surface area contributed by atoms with Gasteiger partial charge in [0.15, 0.2) is 5.78 Å². The molecule has 1 aromatic heterocycles. The number of fused-ring (bicyclic) bond motifs is 7. The average molecular weight is 706 g/mol. The van der Waals surface area contributed by atoms with E-state index in [0.29, 0.717) is 22.6 Å². The van der Waals surface area contributed by atoms with Gasteiger partial charge in [0.1, 0.15) is 5.92 Å². The SMILES string of the molecule is CC1(C)[C@@H]2CC[C@@]1(C)c1[nH]n(-c3ccc(Cl)cc3)c(=O)c12.CCOC(=O)C1C(=O)[C@]2(C)CC[C@H]1C2(C)C.Cl.NNc1ccc(Cl)cc1. The highest BCUT2D eigenvalue weighted by molar-refractivity contribution is 6.30. The molecular formula is C36H47Cl3N4O4. The molecule has 3 saturated carbocycles. The van der Waals surface area contributed by atoms with Gasteiger partial charge in [0.25, 0.3) is 5.56 Å². The number of rotatable bonds is 4. The Morgan fingerprint density at radius 1 is 0.915 bits per heavy atom. The number of nitrogens with zero attached hydrogens (tertiary/aromatic N) is 1. The van der Waals surface area contributed by atoms with Crippen LogP contribution in [0.4, 0.5) is 5.69 Å². The lowest BCUT2D eigenvalue weighted by atomic mass is 9.70. The zero-order chi connectivity index (χ0) is 33.8. The van der Waals surface area contributed by atoms with E-state index >= 15 is 0 Å². The number of nitrogens with one attached hydrogen (secondary N) is 2. The third-order valence-electron chi connectivity index (χ3n) is 12.2. The van der Waals surface area contributed by atoms with E-state index in [0.717, 1.165) is 48.3 Å². The monoisotopic (exact) mass is 704 g/mol. The molecule has 0 radical (unpaired) electrons. The third kappa shape index (κ3) is 5.83. The number of halogens is 3. The van der Waals surface area contributed by atoms with Crippen LogP contribution in [0.3, 0.4) is 0 Å². The molecule has 4 N–H and O–H groups in total. The molecule has 3 fully saturated rings. The first kappa shape index (κ1) is 37.0. The first-order chi connectivity index (χ1) is 21.5. The predicted molar refractivity (Wildman–Crippen MR) is 191 cm³/mol. The number of Topliss-reactive ketones (excluding diaryl/α,β-unsaturated/α-hetero) is 1. The van der Waals surface area contributed by atoms with Crippen molar-refractivity contribution in [3.8, 4) is 5.69 Å². The molecule has 256 valence electrons. The van der Waals surface area contributed by atoms with Crippen molar-refractivity contribution in [2.45, 2.75) is 85.5 Å². The average Bonchev–Trinajstić information content (AvgIpc) is 3.65. The minimum Gasteiger partial charge on any atom is -0.465 e. The van der Waals surface area contributed by atoms with Crippen LogP contribution in [-0.2, 0) is 19.7 Å². The van der Waals surface area contributed by atoms with Crippen LogP contribution in [0.25, 0.3) is 5.69 Å². The Morgan fingerprint density at radius 2 is 1.47 bits per heavy atom. The van der Waals surface area contributed by atoms with Gasteiger partial charge in [-0.15, -0.1) is 12.4 Å². The van der Waals surface area contributed by atoms with Crippen LogP contribution in [0, 0.1) is 28.1 Å². The molecule has 3 aromatic rings. The van der Waals surface area contributed by atoms with Crippen LogP contribution < -0.4 is 16.8 Å². The maximum Gasteiger partial charge on any atom is 0.316 e. The predicted octanol–water partition coefficient (Wildman–Crippen LogP) is 8.23. The number of aromatic nitrogens is 2. The van der Waals surface area contributed by atoms with Crippen molar-refractivity contribution in [3.05, 3.63) is 80.2 Å². The Balaban J connectivity index is 0.000000171. The largest absolute Gasteiger partial charge is 0.465 e. The molecule has 4 bridgehead atoms. The van der Waals surface area contributed by atoms with Gasteiger partial charge in [-0.3, -0.25) is 25.3 Å². The maximum atomic E-state index is 12.9. The number of nitrogen functional groups attached to an aromatic ring is 1. The van der Waals surface area contributed by atoms with Gasteiger partial charge in [0, 0.05) is 37.8 Å². The summed E-state index contributed by atoms with van der Waals surface area (Å²) in [4.78, 5) is 37.0. The topological polar surface area (TPSA) is 119 Å². The van der Waals surface area contributed by atoms with Gasteiger partial charge in [-0.05, 0) is 104 Å². The molecule has 2 aromatic carbocycles. The van der Waals surface area contributed by atoms with E-state index in [4.69, 9.17) is 33.8 Å². The molecule has 5 atom stereocenters. The molecule has 0 amide bonds. The summed E-state index contributed by atoms with van der Waals surface area (Å²) < 4.78 is 6.70. The van der Waals surface area contributed by atoms with Crippen molar-refractivity contribution in [3.63, 3.8) is 0 Å². The number of benzene rings is 2. The minimum absolute atomic E-state index is 0. The molecule has 8 nitrogen and oxygen atoms in total. The normalized spacial score (nSPS) is 28.3. The lowest BCUT2D eigenvalue weighted by Crippen LogP contribution is -2.36. The van der Waals surface area contributed by atoms with E-state index < -0.39 is 5.92 Å². The second-order valence-electron chi connectivity index (χ2n) is 14.6. The standard InChI is InChI=1S/C17H19ClN2O.C13H20O3.C6H7ClN2.ClH/c1-16(2)12-8-9-17(16,3)14-13(12)15(21)20(19-14)11-6-4-10(18)5-7-11;1-5-16-11(15)9-8-6-7-13(4,10(9)14)12(8,2)3;7-5-1-3-6(9-8)4-2-5;/h4-7,12,19H,8-9H2,1-3H3;8-9H,5-7H2,1-4H3;1-4,9H,8H2;1H/t12-,17+;8-,9?,13+;;/m11../s1. The molecule has 0 saturated heterocycles. The van der Waals surface area contributed by atoms with E-state index in [1.807, 2.05) is 43.3 Å². The summed E-state index contributed by atoms with van der Waals surface area (Å²) in [5, 5.41) is 4.78. The molecule has 11 heteroatoms. The maximum absolute atomic E-state index is 12.9. The quantitative estimate of drug-likeness (QED) is 0.109. The Morgan fingerprint density at radius 3 is 1.96 bits per heavy atom. The number of esters is 1. The summed E-state index contributed by atoms with van der Waals surface area (Å²) in [7, 11) is 0. The number of H-pyrrole nitrogens is 1. The summed E-state index contributed by atoms with van der Waals surface area (Å²) in [6.07, 6.45) is 4.15. The summed E-state index contributed by atoms with van der Waals surface area (Å²) in [5.74, 6) is 4.93. The lowest BCUT2D eigenvalue weighted by Gasteiger charge is -2.34. The van der Waals surface area contributed by atoms with Crippen molar-refractivity contribution in [1.29, 1.82) is 0 Å². The number of anilines is 1. The molecule has 4 aliphatic rings. The van der Waals surface area contributed by atoms with Crippen LogP contribution in [-0.4, -0.2) is 28.1 Å². The highest BCUT2D eigenvalue weighted by atomic mass is 35.5. The summed E-state index contributed by atoms with van der Waals surface area (Å²) in [6.45, 7) is 15.3. The number of ketones is 1. The minimum atomic E-state index is -0.506. The van der Waals surface area contributed by atoms with E-state index in [2.05, 4.69) is 45.1 Å². The third-order valence-corrected chi connectivity index (χ3v) is 12.7. The van der Waals surface area contributed by atoms with Gasteiger partial charge < -0.3 is 10.2 Å². The molecule has 1 heterocycles. The summed E-state index contributed by atoms with van der Waals surface area (Å²) in [6, 6.07) is 14.6. The molecule has 0 spiro atoms. The molecular weight excluding hydrogens is 659 g/mol. The smallest absolute Gasteiger partial charge is 0.316 e. The second kappa shape index (κ2) is 13.3. The number of hydrazine groups is 1. The summed E-state index contributed by atoms with van der Waals surface area (Å²) in [5.41, 5.74) is 6.29. The van der Waals surface area contributed by atoms with Gasteiger partial charge in [-0.2, -0.15) is 0 Å². The van der Waals surface area contributed by atoms with Crippen LogP contribution in [0.5, 0.6) is 0 Å². The van der Waals surface area contributed by atoms with Gasteiger partial charge >= 0.3 is 5.97 Å². The fraction of sp³-hybridized carbons (Fsp3) is 0.528. The van der Waals surface area contributed by atoms with Crippen molar-refractivity contribution in [2.75, 3.05) is 12.0 Å². The Kier molecular flexibility index (Phi) is 10.5. The van der Waals surface area contributed by atoms with Crippen molar-refractivity contribution >= 4 is 53.0 Å². The number of ether oxygens (including phenoxy) is 1. The highest BCUT2D eigenvalue weighted by Crippen LogP contribution is 2.67. The number of nitrogens with two attached hydrogens (primary N) is 1. The first-order valence-corrected chi connectivity index (χ1v) is 16.8. The molecule has 4 aliphatic carbocycles. The van der Waals surface area contributed by atoms with Crippen molar-refractivity contribution in [1.82, 2.24) is 9.78 Å². The first-order valence-electron chi connectivity index (χ1n) is 16.1. The fourth-order valence-electron chi connectivity index (χ4n) is 8.55. The zero-order valence-corrected chi connectivity index (χ0v) is 30.5. The Hall–Kier alpha value is -2.78. The molecule has 47 heavy (non-hydrogen) atoms. The van der Waals surface area contributed by atoms with E-state index in [-0.39, 0.29) is 57.3 Å². The molecule has 0 aliphatic heterocycles. The van der Waals surface area contributed by atoms with Gasteiger partial charge in [-0.1, -0.05) is 64.7 Å². The Bertz CT molecular complexity index is 1680. The van der Waals surface area contributed by atoms with Crippen LogP contribution in [0.1, 0.15) is 91.3 Å². The molecule has 7 rings (SSSR count). The van der Waals surface area contributed by atoms with Crippen LogP contribution in [0.2, 0.25) is 10.0 Å². The van der Waals surface area contributed by atoms with Crippen LogP contribution in [0.15, 0.2) is 53.3 Å². The lowest BCUT2D eigenvalue weighted by molar-refractivity contribution is -0.154. The highest BCUT2D eigenvalue weighted by Gasteiger charge is 2.68. The van der Waals surface area contributed by atoms with Gasteiger partial charge in [0.2, 0.25) is 0 Å². The van der Waals surface area contributed by atoms with Crippen molar-refractivity contribution in [2.24, 2.45) is 33.9 Å². The number of aromatic amines is 1. The molecule has 1 unspecified atom stereocenters. The van der Waals surface area contributed by atoms with Crippen LogP contribution >= 0.6 is 35.6 Å². The van der Waals surface area contributed by atoms with Gasteiger partial charge in [0.05, 0.1) is 12.3 Å². The number of hydrogen-bond acceptors (Lipinski definition) is 6. The van der Waals surface area contributed by atoms with E-state index in [9.17, 15) is 14.4 Å². The zero-order valence-electron chi connectivity index (χ0n) is 28.2. The van der Waals surface area contributed by atoms with E-state index in [1.54, 1.807) is 23.7 Å². The Labute approximate surface area is 293 Å². The number of hydrogen-bond donors (Lipinski definition) is 3. The number of carbonyl (C=O) groups excluding carboxylic acids is 2. The fourth-order valence-corrected chi connectivity index (χ4v) is 8.81. The number of carbonyl (C=O) groups is 2. The second-order valence-corrected chi connectivity index (χ2v) is 15.5. The summed E-state index contributed by atoms with van der Waals surface area (Å²) >= 11 is 11.5. The van der Waals surface area contributed by atoms with E-state index in [1.165, 1.54) is 0 Å².